The predicted molar refractivity (Wildman–Crippen MR) is 47.4 cm³/mol. The standard InChI is InChI=1S/C7H15NO2Si/c1-6(7(2)9)8-10-11(3,4)5/h8H,1H2,2-5H3. The summed E-state index contributed by atoms with van der Waals surface area (Å²) in [4.78, 5) is 10.6. The van der Waals surface area contributed by atoms with Crippen molar-refractivity contribution < 1.29 is 9.32 Å². The van der Waals surface area contributed by atoms with Gasteiger partial charge in [-0.1, -0.05) is 6.58 Å². The molecular weight excluding hydrogens is 158 g/mol. The molecular formula is C7H15NO2Si. The van der Waals surface area contributed by atoms with Crippen molar-refractivity contribution in [1.29, 1.82) is 0 Å². The molecule has 4 heteroatoms. The van der Waals surface area contributed by atoms with E-state index in [0.29, 0.717) is 5.70 Å². The van der Waals surface area contributed by atoms with Gasteiger partial charge in [-0.15, -0.1) is 0 Å². The Labute approximate surface area is 68.5 Å². The lowest BCUT2D eigenvalue weighted by Gasteiger charge is -2.17. The molecule has 0 aromatic rings. The summed E-state index contributed by atoms with van der Waals surface area (Å²) in [6.45, 7) is 11.0. The fourth-order valence-corrected chi connectivity index (χ4v) is 0.716. The van der Waals surface area contributed by atoms with Crippen LogP contribution in [-0.4, -0.2) is 14.1 Å². The third kappa shape index (κ3) is 5.81. The summed E-state index contributed by atoms with van der Waals surface area (Å²) in [7, 11) is -1.59. The molecule has 0 aliphatic heterocycles. The molecule has 0 saturated carbocycles. The van der Waals surface area contributed by atoms with E-state index in [4.69, 9.17) is 4.53 Å². The quantitative estimate of drug-likeness (QED) is 0.397. The second-order valence-corrected chi connectivity index (χ2v) is 7.78. The molecule has 11 heavy (non-hydrogen) atoms. The van der Waals surface area contributed by atoms with E-state index in [-0.39, 0.29) is 5.78 Å². The summed E-state index contributed by atoms with van der Waals surface area (Å²) in [5.41, 5.74) is 2.85. The minimum Gasteiger partial charge on any atom is -0.323 e. The Morgan fingerprint density at radius 1 is 1.45 bits per heavy atom. The fourth-order valence-electron chi connectivity index (χ4n) is 0.287. The van der Waals surface area contributed by atoms with Gasteiger partial charge in [-0.3, -0.25) is 10.3 Å². The van der Waals surface area contributed by atoms with Crippen molar-refractivity contribution in [2.24, 2.45) is 0 Å². The van der Waals surface area contributed by atoms with Gasteiger partial charge in [0.1, 0.15) is 0 Å². The molecule has 0 atom stereocenters. The minimum absolute atomic E-state index is 0.0942. The molecule has 0 fully saturated rings. The highest BCUT2D eigenvalue weighted by Crippen LogP contribution is 2.00. The molecule has 0 amide bonds. The Morgan fingerprint density at radius 3 is 2.18 bits per heavy atom. The molecule has 0 radical (unpaired) electrons. The Kier molecular flexibility index (Phi) is 3.48. The normalized spacial score (nSPS) is 10.9. The van der Waals surface area contributed by atoms with Crippen molar-refractivity contribution in [3.8, 4) is 0 Å². The highest BCUT2D eigenvalue weighted by molar-refractivity contribution is 6.69. The molecule has 0 bridgehead atoms. The smallest absolute Gasteiger partial charge is 0.220 e. The van der Waals surface area contributed by atoms with Crippen LogP contribution in [0.5, 0.6) is 0 Å². The van der Waals surface area contributed by atoms with E-state index in [1.165, 1.54) is 6.92 Å². The van der Waals surface area contributed by atoms with Gasteiger partial charge in [0.2, 0.25) is 8.32 Å². The van der Waals surface area contributed by atoms with E-state index in [1.807, 2.05) is 19.6 Å². The van der Waals surface area contributed by atoms with Crippen molar-refractivity contribution in [2.75, 3.05) is 0 Å². The average molecular weight is 173 g/mol. The number of carbonyl (C=O) groups is 1. The first-order chi connectivity index (χ1) is 4.83. The van der Waals surface area contributed by atoms with E-state index in [9.17, 15) is 4.79 Å². The Hall–Kier alpha value is -0.613. The maximum absolute atomic E-state index is 10.6. The van der Waals surface area contributed by atoms with Gasteiger partial charge in [-0.2, -0.15) is 0 Å². The molecule has 3 nitrogen and oxygen atoms in total. The lowest BCUT2D eigenvalue weighted by molar-refractivity contribution is -0.114. The number of hydrogen-bond donors (Lipinski definition) is 1. The van der Waals surface area contributed by atoms with Gasteiger partial charge in [0.15, 0.2) is 5.78 Å². The number of carbonyl (C=O) groups excluding carboxylic acids is 1. The Balaban J connectivity index is 3.73. The lowest BCUT2D eigenvalue weighted by Crippen LogP contribution is -2.34. The van der Waals surface area contributed by atoms with Crippen LogP contribution in [0.4, 0.5) is 0 Å². The van der Waals surface area contributed by atoms with Gasteiger partial charge < -0.3 is 4.53 Å². The molecule has 0 aromatic heterocycles. The van der Waals surface area contributed by atoms with Crippen molar-refractivity contribution >= 4 is 14.1 Å². The number of ketones is 1. The van der Waals surface area contributed by atoms with Crippen molar-refractivity contribution in [3.05, 3.63) is 12.3 Å². The van der Waals surface area contributed by atoms with Crippen LogP contribution in [0.2, 0.25) is 19.6 Å². The Bertz CT molecular complexity index is 172. The highest BCUT2D eigenvalue weighted by Gasteiger charge is 2.15. The van der Waals surface area contributed by atoms with E-state index in [1.54, 1.807) is 0 Å². The van der Waals surface area contributed by atoms with Crippen LogP contribution in [0, 0.1) is 0 Å². The largest absolute Gasteiger partial charge is 0.323 e. The number of rotatable bonds is 4. The molecule has 0 rings (SSSR count). The van der Waals surface area contributed by atoms with Gasteiger partial charge in [-0.25, -0.2) is 0 Å². The summed E-state index contributed by atoms with van der Waals surface area (Å²) in [6.07, 6.45) is 0. The Morgan fingerprint density at radius 2 is 1.91 bits per heavy atom. The maximum Gasteiger partial charge on any atom is 0.220 e. The summed E-state index contributed by atoms with van der Waals surface area (Å²) >= 11 is 0. The SMILES string of the molecule is C=C(NO[Si](C)(C)C)C(C)=O. The van der Waals surface area contributed by atoms with E-state index < -0.39 is 8.32 Å². The first kappa shape index (κ1) is 10.4. The topological polar surface area (TPSA) is 38.3 Å². The van der Waals surface area contributed by atoms with Crippen molar-refractivity contribution in [3.63, 3.8) is 0 Å². The van der Waals surface area contributed by atoms with Crippen molar-refractivity contribution in [2.45, 2.75) is 26.6 Å². The third-order valence-electron chi connectivity index (χ3n) is 0.905. The summed E-state index contributed by atoms with van der Waals surface area (Å²) in [6, 6.07) is 0. The van der Waals surface area contributed by atoms with Crippen LogP contribution >= 0.6 is 0 Å². The van der Waals surface area contributed by atoms with Crippen LogP contribution in [-0.2, 0) is 9.32 Å². The lowest BCUT2D eigenvalue weighted by atomic mass is 10.4. The summed E-state index contributed by atoms with van der Waals surface area (Å²) < 4.78 is 5.22. The zero-order chi connectivity index (χ0) is 9.07. The van der Waals surface area contributed by atoms with Crippen LogP contribution in [0.15, 0.2) is 12.3 Å². The van der Waals surface area contributed by atoms with E-state index >= 15 is 0 Å². The van der Waals surface area contributed by atoms with Crippen LogP contribution in [0.25, 0.3) is 0 Å². The summed E-state index contributed by atoms with van der Waals surface area (Å²) in [5.74, 6) is -0.0942. The second-order valence-electron chi connectivity index (χ2n) is 3.35. The molecule has 1 N–H and O–H groups in total. The van der Waals surface area contributed by atoms with Gasteiger partial charge in [0.05, 0.1) is 5.70 Å². The average Bonchev–Trinajstić information content (AvgIpc) is 1.80. The molecule has 0 unspecified atom stereocenters. The maximum atomic E-state index is 10.6. The van der Waals surface area contributed by atoms with Gasteiger partial charge >= 0.3 is 0 Å². The second kappa shape index (κ2) is 3.68. The van der Waals surface area contributed by atoms with E-state index in [0.717, 1.165) is 0 Å². The minimum atomic E-state index is -1.59. The van der Waals surface area contributed by atoms with Gasteiger partial charge in [0.25, 0.3) is 0 Å². The number of nitrogens with one attached hydrogen (secondary N) is 1. The predicted octanol–water partition coefficient (Wildman–Crippen LogP) is 1.45. The molecule has 0 aromatic carbocycles. The van der Waals surface area contributed by atoms with Gasteiger partial charge in [-0.05, 0) is 19.6 Å². The molecule has 0 aliphatic rings. The first-order valence-corrected chi connectivity index (χ1v) is 6.87. The number of allylic oxidation sites excluding steroid dienone is 1. The van der Waals surface area contributed by atoms with Crippen LogP contribution < -0.4 is 5.48 Å². The third-order valence-corrected chi connectivity index (χ3v) is 1.62. The molecule has 0 saturated heterocycles. The van der Waals surface area contributed by atoms with Crippen molar-refractivity contribution in [1.82, 2.24) is 5.48 Å². The molecule has 64 valence electrons. The first-order valence-electron chi connectivity index (χ1n) is 3.47. The number of hydroxylamine groups is 1. The van der Waals surface area contributed by atoms with Gasteiger partial charge in [0, 0.05) is 6.92 Å². The highest BCUT2D eigenvalue weighted by atomic mass is 28.4. The van der Waals surface area contributed by atoms with E-state index in [2.05, 4.69) is 12.1 Å². The zero-order valence-corrected chi connectivity index (χ0v) is 8.52. The fraction of sp³-hybridized carbons (Fsp3) is 0.571. The number of Topliss-reactive ketones (excluding diaryl/α,β-unsaturated/α-hetero) is 1. The molecule has 0 aliphatic carbocycles. The number of hydrogen-bond acceptors (Lipinski definition) is 3. The monoisotopic (exact) mass is 173 g/mol. The summed E-state index contributed by atoms with van der Waals surface area (Å²) in [5, 5.41) is 0. The molecule has 0 heterocycles. The van der Waals surface area contributed by atoms with Crippen LogP contribution in [0.3, 0.4) is 0 Å². The van der Waals surface area contributed by atoms with Crippen LogP contribution in [0.1, 0.15) is 6.92 Å². The molecule has 0 spiro atoms. The zero-order valence-electron chi connectivity index (χ0n) is 7.52.